The van der Waals surface area contributed by atoms with Crippen LogP contribution in [0.25, 0.3) is 0 Å². The number of rotatable bonds is 2. The van der Waals surface area contributed by atoms with Gasteiger partial charge in [0.15, 0.2) is 0 Å². The molecule has 0 unspecified atom stereocenters. The Hall–Kier alpha value is -2.86. The van der Waals surface area contributed by atoms with E-state index in [4.69, 9.17) is 0 Å². The van der Waals surface area contributed by atoms with Crippen molar-refractivity contribution >= 4 is 28.6 Å². The molecule has 6 heteroatoms. The molecular formula is C21H23N5O. The summed E-state index contributed by atoms with van der Waals surface area (Å²) in [4.78, 5) is 11.6. The fraction of sp³-hybridized carbons (Fsp3) is 0.333. The molecule has 3 aliphatic rings. The Balaban J connectivity index is 1.59. The molecule has 3 aliphatic heterocycles. The van der Waals surface area contributed by atoms with E-state index in [0.717, 1.165) is 61.1 Å². The third-order valence-corrected chi connectivity index (χ3v) is 5.64. The first-order chi connectivity index (χ1) is 13.2. The zero-order valence-corrected chi connectivity index (χ0v) is 15.5. The molecule has 0 bridgehead atoms. The first-order valence-electron chi connectivity index (χ1n) is 9.52. The second-order valence-electron chi connectivity index (χ2n) is 7.33. The van der Waals surface area contributed by atoms with Crippen LogP contribution >= 0.6 is 0 Å². The first-order valence-corrected chi connectivity index (χ1v) is 9.52. The molecule has 0 aliphatic carbocycles. The van der Waals surface area contributed by atoms with Gasteiger partial charge < -0.3 is 19.9 Å². The molecule has 0 aromatic heterocycles. The van der Waals surface area contributed by atoms with Crippen molar-refractivity contribution in [1.29, 1.82) is 0 Å². The highest BCUT2D eigenvalue weighted by atomic mass is 16.5. The number of amidine groups is 1. The number of hydrogen-bond acceptors (Lipinski definition) is 5. The van der Waals surface area contributed by atoms with Gasteiger partial charge in [-0.2, -0.15) is 4.74 Å². The summed E-state index contributed by atoms with van der Waals surface area (Å²) in [5, 5.41) is 13.2. The molecule has 5 rings (SSSR count). The fourth-order valence-electron chi connectivity index (χ4n) is 4.10. The second kappa shape index (κ2) is 6.39. The minimum absolute atomic E-state index is 0.646. The van der Waals surface area contributed by atoms with Crippen molar-refractivity contribution in [2.75, 3.05) is 56.1 Å². The third kappa shape index (κ3) is 2.68. The Morgan fingerprint density at radius 1 is 0.963 bits per heavy atom. The molecule has 2 aromatic rings. The van der Waals surface area contributed by atoms with Crippen molar-refractivity contribution in [2.45, 2.75) is 0 Å². The van der Waals surface area contributed by atoms with Crippen molar-refractivity contribution in [2.24, 2.45) is 4.99 Å². The Bertz CT molecular complexity index is 929. The summed E-state index contributed by atoms with van der Waals surface area (Å²) in [5.74, 6) is 0.791. The maximum atomic E-state index is 13.2. The van der Waals surface area contributed by atoms with Crippen molar-refractivity contribution in [3.63, 3.8) is 0 Å². The monoisotopic (exact) mass is 361 g/mol. The van der Waals surface area contributed by atoms with Crippen LogP contribution in [-0.2, 0) is 0 Å². The standard InChI is InChI=1S/C21H23N5O/c1-23-11-13-24(14-12-23)17-7-8-18-19(15-17)25-10-9-22-21(25)20(26(18)27)16-5-3-2-4-6-16/h2-8,15H,9-14H2,1H3. The lowest BCUT2D eigenvalue weighted by Crippen LogP contribution is -2.45. The molecule has 138 valence electrons. The van der Waals surface area contributed by atoms with Crippen LogP contribution in [0.3, 0.4) is 0 Å². The Morgan fingerprint density at radius 2 is 1.74 bits per heavy atom. The molecule has 2 aromatic carbocycles. The highest BCUT2D eigenvalue weighted by Gasteiger charge is 2.38. The molecule has 1 fully saturated rings. The summed E-state index contributed by atoms with van der Waals surface area (Å²) in [7, 11) is 2.16. The molecule has 0 radical (unpaired) electrons. The first kappa shape index (κ1) is 16.3. The Labute approximate surface area is 159 Å². The smallest absolute Gasteiger partial charge is 0.267 e. The summed E-state index contributed by atoms with van der Waals surface area (Å²) in [6.07, 6.45) is 0. The largest absolute Gasteiger partial charge is 0.618 e. The summed E-state index contributed by atoms with van der Waals surface area (Å²) >= 11 is 0. The molecule has 27 heavy (non-hydrogen) atoms. The van der Waals surface area contributed by atoms with Gasteiger partial charge in [-0.1, -0.05) is 18.2 Å². The van der Waals surface area contributed by atoms with Crippen LogP contribution in [0.2, 0.25) is 0 Å². The van der Waals surface area contributed by atoms with E-state index in [1.165, 1.54) is 5.69 Å². The topological polar surface area (TPSA) is 48.1 Å². The normalized spacial score (nSPS) is 19.8. The van der Waals surface area contributed by atoms with Gasteiger partial charge in [-0.15, -0.1) is 0 Å². The van der Waals surface area contributed by atoms with Crippen molar-refractivity contribution in [1.82, 2.24) is 4.90 Å². The predicted octanol–water partition coefficient (Wildman–Crippen LogP) is 2.30. The minimum atomic E-state index is 0.646. The van der Waals surface area contributed by atoms with Crippen molar-refractivity contribution < 1.29 is 4.74 Å². The number of likely N-dealkylation sites (N-methyl/N-ethyl adjacent to an activating group) is 1. The molecular weight excluding hydrogens is 338 g/mol. The zero-order chi connectivity index (χ0) is 18.4. The third-order valence-electron chi connectivity index (χ3n) is 5.64. The van der Waals surface area contributed by atoms with E-state index in [1.54, 1.807) is 0 Å². The number of aliphatic imine (C=N–C) groups is 1. The van der Waals surface area contributed by atoms with Crippen LogP contribution in [0.5, 0.6) is 0 Å². The molecule has 0 amide bonds. The molecule has 0 N–H and O–H groups in total. The predicted molar refractivity (Wildman–Crippen MR) is 110 cm³/mol. The van der Waals surface area contributed by atoms with Gasteiger partial charge in [0.2, 0.25) is 11.5 Å². The second-order valence-corrected chi connectivity index (χ2v) is 7.33. The van der Waals surface area contributed by atoms with Crippen LogP contribution in [-0.4, -0.2) is 67.5 Å². The number of anilines is 2. The van der Waals surface area contributed by atoms with Gasteiger partial charge in [-0.3, -0.25) is 4.99 Å². The average Bonchev–Trinajstić information content (AvgIpc) is 3.19. The molecule has 1 saturated heterocycles. The van der Waals surface area contributed by atoms with Gasteiger partial charge in [-0.25, -0.2) is 0 Å². The highest BCUT2D eigenvalue weighted by Crippen LogP contribution is 2.38. The Morgan fingerprint density at radius 3 is 2.52 bits per heavy atom. The van der Waals surface area contributed by atoms with Gasteiger partial charge in [-0.05, 0) is 31.3 Å². The van der Waals surface area contributed by atoms with Crippen LogP contribution < -0.4 is 9.80 Å². The number of fused-ring (bicyclic) bond motifs is 3. The lowest BCUT2D eigenvalue weighted by molar-refractivity contribution is -0.358. The van der Waals surface area contributed by atoms with Crippen molar-refractivity contribution in [3.05, 3.63) is 59.3 Å². The van der Waals surface area contributed by atoms with Crippen LogP contribution in [0.15, 0.2) is 53.5 Å². The molecule has 3 heterocycles. The lowest BCUT2D eigenvalue weighted by Gasteiger charge is -2.35. The molecule has 0 saturated carbocycles. The summed E-state index contributed by atoms with van der Waals surface area (Å²) < 4.78 is 1.05. The number of nitrogens with zero attached hydrogens (tertiary/aromatic N) is 5. The fourth-order valence-corrected chi connectivity index (χ4v) is 4.10. The summed E-state index contributed by atoms with van der Waals surface area (Å²) in [6.45, 7) is 5.69. The highest BCUT2D eigenvalue weighted by molar-refractivity contribution is 6.51. The van der Waals surface area contributed by atoms with Gasteiger partial charge in [0.1, 0.15) is 5.69 Å². The number of piperazine rings is 1. The van der Waals surface area contributed by atoms with Crippen molar-refractivity contribution in [3.8, 4) is 0 Å². The zero-order valence-electron chi connectivity index (χ0n) is 15.5. The SMILES string of the molecule is CN1CCN(c2ccc3c(c2)N2CCN=C2C(c2ccccc2)=[N+]3[O-])CC1. The van der Waals surface area contributed by atoms with Gasteiger partial charge in [0.25, 0.3) is 5.71 Å². The quantitative estimate of drug-likeness (QED) is 0.608. The maximum absolute atomic E-state index is 13.2. The van der Waals surface area contributed by atoms with Crippen LogP contribution in [0, 0.1) is 5.21 Å². The van der Waals surface area contributed by atoms with Gasteiger partial charge in [0, 0.05) is 44.5 Å². The van der Waals surface area contributed by atoms with E-state index in [-0.39, 0.29) is 0 Å². The summed E-state index contributed by atoms with van der Waals surface area (Å²) in [6, 6.07) is 16.0. The van der Waals surface area contributed by atoms with E-state index in [0.29, 0.717) is 11.4 Å². The molecule has 6 nitrogen and oxygen atoms in total. The van der Waals surface area contributed by atoms with Crippen LogP contribution in [0.1, 0.15) is 5.56 Å². The van der Waals surface area contributed by atoms with Crippen LogP contribution in [0.4, 0.5) is 17.1 Å². The summed E-state index contributed by atoms with van der Waals surface area (Å²) in [5.41, 5.74) is 4.41. The average molecular weight is 361 g/mol. The minimum Gasteiger partial charge on any atom is -0.618 e. The lowest BCUT2D eigenvalue weighted by atomic mass is 10.0. The van der Waals surface area contributed by atoms with E-state index in [1.807, 2.05) is 36.4 Å². The number of hydrogen-bond donors (Lipinski definition) is 0. The Kier molecular flexibility index (Phi) is 3.86. The maximum Gasteiger partial charge on any atom is 0.267 e. The molecule has 0 atom stereocenters. The van der Waals surface area contributed by atoms with E-state index < -0.39 is 0 Å². The van der Waals surface area contributed by atoms with E-state index in [2.05, 4.69) is 38.9 Å². The molecule has 0 spiro atoms. The van der Waals surface area contributed by atoms with Gasteiger partial charge in [0.05, 0.1) is 12.1 Å². The van der Waals surface area contributed by atoms with E-state index >= 15 is 0 Å². The van der Waals surface area contributed by atoms with Gasteiger partial charge >= 0.3 is 0 Å². The van der Waals surface area contributed by atoms with E-state index in [9.17, 15) is 5.21 Å². The number of benzene rings is 2.